The van der Waals surface area contributed by atoms with Crippen molar-refractivity contribution in [3.05, 3.63) is 34.9 Å². The van der Waals surface area contributed by atoms with E-state index in [1.165, 1.54) is 0 Å². The number of halogens is 1. The second-order valence-corrected chi connectivity index (χ2v) is 4.54. The number of likely N-dealkylation sites (tertiary alicyclic amines) is 1. The summed E-state index contributed by atoms with van der Waals surface area (Å²) in [5.41, 5.74) is 0.617. The molecule has 86 valence electrons. The van der Waals surface area contributed by atoms with Crippen molar-refractivity contribution in [1.29, 1.82) is 0 Å². The van der Waals surface area contributed by atoms with Gasteiger partial charge in [0, 0.05) is 36.2 Å². The van der Waals surface area contributed by atoms with Crippen molar-refractivity contribution in [2.75, 3.05) is 19.7 Å². The van der Waals surface area contributed by atoms with Crippen LogP contribution in [-0.4, -0.2) is 35.6 Å². The van der Waals surface area contributed by atoms with Crippen LogP contribution in [0.25, 0.3) is 0 Å². The van der Waals surface area contributed by atoms with Gasteiger partial charge in [0.15, 0.2) is 0 Å². The zero-order valence-corrected chi connectivity index (χ0v) is 9.65. The van der Waals surface area contributed by atoms with Gasteiger partial charge >= 0.3 is 0 Å². The van der Waals surface area contributed by atoms with Gasteiger partial charge in [-0.15, -0.1) is 0 Å². The average Bonchev–Trinajstić information content (AvgIpc) is 2.76. The first kappa shape index (κ1) is 11.4. The standard InChI is InChI=1S/C12H14ClNO2/c13-11-3-1-2-10(6-11)12(16)14-5-4-9(7-14)8-15/h1-3,6,9,15H,4-5,7-8H2. The summed E-state index contributed by atoms with van der Waals surface area (Å²) >= 11 is 5.84. The summed E-state index contributed by atoms with van der Waals surface area (Å²) in [5, 5.41) is 9.59. The van der Waals surface area contributed by atoms with Gasteiger partial charge in [0.1, 0.15) is 0 Å². The van der Waals surface area contributed by atoms with Gasteiger partial charge in [-0.1, -0.05) is 17.7 Å². The molecule has 1 atom stereocenters. The lowest BCUT2D eigenvalue weighted by molar-refractivity contribution is 0.0782. The number of aliphatic hydroxyl groups excluding tert-OH is 1. The van der Waals surface area contributed by atoms with E-state index in [-0.39, 0.29) is 18.4 Å². The van der Waals surface area contributed by atoms with Crippen molar-refractivity contribution in [1.82, 2.24) is 4.90 Å². The van der Waals surface area contributed by atoms with Crippen molar-refractivity contribution >= 4 is 17.5 Å². The zero-order valence-electron chi connectivity index (χ0n) is 8.90. The molecule has 0 radical (unpaired) electrons. The lowest BCUT2D eigenvalue weighted by Gasteiger charge is -2.16. The quantitative estimate of drug-likeness (QED) is 0.855. The van der Waals surface area contributed by atoms with Crippen molar-refractivity contribution in [3.63, 3.8) is 0 Å². The maximum Gasteiger partial charge on any atom is 0.253 e. The van der Waals surface area contributed by atoms with Crippen LogP contribution >= 0.6 is 11.6 Å². The molecule has 0 aromatic heterocycles. The van der Waals surface area contributed by atoms with E-state index in [2.05, 4.69) is 0 Å². The third-order valence-electron chi connectivity index (χ3n) is 2.90. The highest BCUT2D eigenvalue weighted by Gasteiger charge is 2.26. The molecule has 4 heteroatoms. The first-order valence-electron chi connectivity index (χ1n) is 5.36. The molecule has 0 spiro atoms. The number of hydrogen-bond acceptors (Lipinski definition) is 2. The lowest BCUT2D eigenvalue weighted by Crippen LogP contribution is -2.29. The number of carbonyl (C=O) groups excluding carboxylic acids is 1. The summed E-state index contributed by atoms with van der Waals surface area (Å²) < 4.78 is 0. The second-order valence-electron chi connectivity index (χ2n) is 4.10. The van der Waals surface area contributed by atoms with E-state index >= 15 is 0 Å². The fourth-order valence-electron chi connectivity index (χ4n) is 1.97. The number of amides is 1. The minimum atomic E-state index is -0.00144. The Labute approximate surface area is 99.6 Å². The molecular formula is C12H14ClNO2. The van der Waals surface area contributed by atoms with Crippen LogP contribution in [0.5, 0.6) is 0 Å². The largest absolute Gasteiger partial charge is 0.396 e. The summed E-state index contributed by atoms with van der Waals surface area (Å²) in [4.78, 5) is 13.8. The molecule has 1 aliphatic rings. The molecule has 0 bridgehead atoms. The van der Waals surface area contributed by atoms with Crippen molar-refractivity contribution in [2.45, 2.75) is 6.42 Å². The molecule has 1 N–H and O–H groups in total. The Balaban J connectivity index is 2.08. The summed E-state index contributed by atoms with van der Waals surface area (Å²) in [6, 6.07) is 6.96. The summed E-state index contributed by atoms with van der Waals surface area (Å²) in [6.07, 6.45) is 0.878. The fourth-order valence-corrected chi connectivity index (χ4v) is 2.16. The van der Waals surface area contributed by atoms with Crippen LogP contribution in [-0.2, 0) is 0 Å². The summed E-state index contributed by atoms with van der Waals surface area (Å²) in [5.74, 6) is 0.224. The Kier molecular flexibility index (Phi) is 3.46. The van der Waals surface area contributed by atoms with Crippen LogP contribution in [0.3, 0.4) is 0 Å². The first-order valence-corrected chi connectivity index (χ1v) is 5.74. The van der Waals surface area contributed by atoms with Crippen molar-refractivity contribution in [3.8, 4) is 0 Å². The van der Waals surface area contributed by atoms with Crippen LogP contribution in [0.2, 0.25) is 5.02 Å². The SMILES string of the molecule is O=C(c1cccc(Cl)c1)N1CCC(CO)C1. The van der Waals surface area contributed by atoms with Gasteiger partial charge in [0.05, 0.1) is 0 Å². The van der Waals surface area contributed by atoms with E-state index in [0.717, 1.165) is 13.0 Å². The molecule has 1 aromatic rings. The maximum atomic E-state index is 12.0. The Morgan fingerprint density at radius 3 is 3.00 bits per heavy atom. The molecule has 0 aliphatic carbocycles. The maximum absolute atomic E-state index is 12.0. The van der Waals surface area contributed by atoms with Gasteiger partial charge in [-0.05, 0) is 24.6 Å². The average molecular weight is 240 g/mol. The molecule has 1 amide bonds. The summed E-state index contributed by atoms with van der Waals surface area (Å²) in [6.45, 7) is 1.51. The highest BCUT2D eigenvalue weighted by molar-refractivity contribution is 6.30. The highest BCUT2D eigenvalue weighted by atomic mass is 35.5. The highest BCUT2D eigenvalue weighted by Crippen LogP contribution is 2.19. The van der Waals surface area contributed by atoms with E-state index in [0.29, 0.717) is 17.1 Å². The predicted octanol–water partition coefficient (Wildman–Crippen LogP) is 1.79. The van der Waals surface area contributed by atoms with Crippen LogP contribution < -0.4 is 0 Å². The molecule has 0 saturated carbocycles. The number of benzene rings is 1. The molecule has 1 saturated heterocycles. The molecule has 1 aromatic carbocycles. The smallest absolute Gasteiger partial charge is 0.253 e. The Bertz CT molecular complexity index is 394. The molecule has 16 heavy (non-hydrogen) atoms. The fraction of sp³-hybridized carbons (Fsp3) is 0.417. The molecule has 1 unspecified atom stereocenters. The van der Waals surface area contributed by atoms with E-state index < -0.39 is 0 Å². The third kappa shape index (κ3) is 2.36. The van der Waals surface area contributed by atoms with Crippen molar-refractivity contribution < 1.29 is 9.90 Å². The van der Waals surface area contributed by atoms with Gasteiger partial charge in [-0.25, -0.2) is 0 Å². The molecule has 1 fully saturated rings. The van der Waals surface area contributed by atoms with Crippen LogP contribution in [0.1, 0.15) is 16.8 Å². The van der Waals surface area contributed by atoms with E-state index in [1.54, 1.807) is 29.2 Å². The number of aliphatic hydroxyl groups is 1. The number of hydrogen-bond donors (Lipinski definition) is 1. The first-order chi connectivity index (χ1) is 7.70. The Hall–Kier alpha value is -1.06. The van der Waals surface area contributed by atoms with Gasteiger partial charge in [0.2, 0.25) is 0 Å². The van der Waals surface area contributed by atoms with Crippen LogP contribution in [0, 0.1) is 5.92 Å². The van der Waals surface area contributed by atoms with Gasteiger partial charge in [-0.3, -0.25) is 4.79 Å². The topological polar surface area (TPSA) is 40.5 Å². The van der Waals surface area contributed by atoms with Crippen LogP contribution in [0.15, 0.2) is 24.3 Å². The normalized spacial score (nSPS) is 20.1. The summed E-state index contributed by atoms with van der Waals surface area (Å²) in [7, 11) is 0. The van der Waals surface area contributed by atoms with Crippen molar-refractivity contribution in [2.24, 2.45) is 5.92 Å². The third-order valence-corrected chi connectivity index (χ3v) is 3.14. The predicted molar refractivity (Wildman–Crippen MR) is 62.5 cm³/mol. The Morgan fingerprint density at radius 2 is 2.38 bits per heavy atom. The van der Waals surface area contributed by atoms with E-state index in [4.69, 9.17) is 16.7 Å². The van der Waals surface area contributed by atoms with Crippen LogP contribution in [0.4, 0.5) is 0 Å². The minimum Gasteiger partial charge on any atom is -0.396 e. The zero-order chi connectivity index (χ0) is 11.5. The van der Waals surface area contributed by atoms with Gasteiger partial charge < -0.3 is 10.0 Å². The molecule has 3 nitrogen and oxygen atoms in total. The Morgan fingerprint density at radius 1 is 1.56 bits per heavy atom. The molecular weight excluding hydrogens is 226 g/mol. The minimum absolute atomic E-state index is 0.00144. The van der Waals surface area contributed by atoms with E-state index in [9.17, 15) is 4.79 Å². The molecule has 1 heterocycles. The van der Waals surface area contributed by atoms with Gasteiger partial charge in [0.25, 0.3) is 5.91 Å². The van der Waals surface area contributed by atoms with E-state index in [1.807, 2.05) is 0 Å². The molecule has 1 aliphatic heterocycles. The molecule has 2 rings (SSSR count). The lowest BCUT2D eigenvalue weighted by atomic mass is 10.1. The monoisotopic (exact) mass is 239 g/mol. The number of carbonyl (C=O) groups is 1. The number of nitrogens with zero attached hydrogens (tertiary/aromatic N) is 1. The number of rotatable bonds is 2. The van der Waals surface area contributed by atoms with Gasteiger partial charge in [-0.2, -0.15) is 0 Å². The second kappa shape index (κ2) is 4.85.